The molecule has 1 heterocycles. The number of hydrogen-bond donors (Lipinski definition) is 1. The van der Waals surface area contributed by atoms with Gasteiger partial charge in [-0.2, -0.15) is 11.8 Å². The van der Waals surface area contributed by atoms with E-state index in [4.69, 9.17) is 22.1 Å². The van der Waals surface area contributed by atoms with Crippen LogP contribution in [-0.2, 0) is 16.0 Å². The highest BCUT2D eigenvalue weighted by Gasteiger charge is 2.23. The molecule has 202 valence electrons. The second-order valence-electron chi connectivity index (χ2n) is 9.36. The molecule has 0 bridgehead atoms. The second kappa shape index (κ2) is 15.3. The first-order valence-corrected chi connectivity index (χ1v) is 14.5. The van der Waals surface area contributed by atoms with Crippen LogP contribution in [0.5, 0.6) is 0 Å². The van der Waals surface area contributed by atoms with Gasteiger partial charge in [0.05, 0.1) is 18.5 Å². The van der Waals surface area contributed by atoms with Gasteiger partial charge in [-0.1, -0.05) is 23.7 Å². The highest BCUT2D eigenvalue weighted by atomic mass is 35.5. The Bertz CT molecular complexity index is 980. The zero-order valence-electron chi connectivity index (χ0n) is 21.9. The quantitative estimate of drug-likeness (QED) is 0.385. The third-order valence-electron chi connectivity index (χ3n) is 6.27. The Hall–Kier alpha value is -2.10. The zero-order valence-corrected chi connectivity index (χ0v) is 23.5. The van der Waals surface area contributed by atoms with Gasteiger partial charge in [0.15, 0.2) is 0 Å². The summed E-state index contributed by atoms with van der Waals surface area (Å²) in [5, 5.41) is 0.755. The summed E-state index contributed by atoms with van der Waals surface area (Å²) >= 11 is 7.50. The Morgan fingerprint density at radius 3 is 2.35 bits per heavy atom. The van der Waals surface area contributed by atoms with Crippen molar-refractivity contribution in [2.75, 3.05) is 68.8 Å². The number of halogens is 1. The lowest BCUT2D eigenvalue weighted by molar-refractivity contribution is -0.116. The number of piperazine rings is 1. The van der Waals surface area contributed by atoms with Gasteiger partial charge < -0.3 is 20.3 Å². The monoisotopic (exact) mass is 546 g/mol. The molecular weight excluding hydrogens is 508 g/mol. The van der Waals surface area contributed by atoms with E-state index in [1.165, 1.54) is 17.3 Å². The lowest BCUT2D eigenvalue weighted by Gasteiger charge is -2.35. The van der Waals surface area contributed by atoms with Gasteiger partial charge in [-0.25, -0.2) is 0 Å². The molecule has 0 aliphatic carbocycles. The highest BCUT2D eigenvalue weighted by Crippen LogP contribution is 2.19. The van der Waals surface area contributed by atoms with E-state index in [1.54, 1.807) is 4.90 Å². The Morgan fingerprint density at radius 1 is 1.05 bits per heavy atom. The summed E-state index contributed by atoms with van der Waals surface area (Å²) in [5.41, 5.74) is 8.25. The molecule has 2 N–H and O–H groups in total. The van der Waals surface area contributed by atoms with Crippen molar-refractivity contribution in [1.82, 2.24) is 9.80 Å². The van der Waals surface area contributed by atoms with E-state index < -0.39 is 0 Å². The lowest BCUT2D eigenvalue weighted by atomic mass is 10.1. The zero-order chi connectivity index (χ0) is 26.6. The normalized spacial score (nSPS) is 14.2. The average molecular weight is 547 g/mol. The van der Waals surface area contributed by atoms with Crippen LogP contribution in [0.3, 0.4) is 0 Å². The first-order chi connectivity index (χ1) is 17.9. The minimum Gasteiger partial charge on any atom is -0.377 e. The molecule has 9 heteroatoms. The van der Waals surface area contributed by atoms with E-state index in [-0.39, 0.29) is 17.9 Å². The molecule has 37 heavy (non-hydrogen) atoms. The summed E-state index contributed by atoms with van der Waals surface area (Å²) in [5.74, 6) is 1.15. The van der Waals surface area contributed by atoms with Crippen molar-refractivity contribution in [3.05, 3.63) is 64.7 Å². The van der Waals surface area contributed by atoms with Gasteiger partial charge in [0.2, 0.25) is 5.91 Å². The number of carbonyl (C=O) groups excluding carboxylic acids is 2. The lowest BCUT2D eigenvalue weighted by Crippen LogP contribution is -2.49. The van der Waals surface area contributed by atoms with Crippen molar-refractivity contribution in [1.29, 1.82) is 0 Å². The van der Waals surface area contributed by atoms with Gasteiger partial charge in [-0.15, -0.1) is 0 Å². The summed E-state index contributed by atoms with van der Waals surface area (Å²) in [6.45, 7) is 9.50. The van der Waals surface area contributed by atoms with Gasteiger partial charge in [0.25, 0.3) is 5.91 Å². The molecule has 2 aromatic rings. The average Bonchev–Trinajstić information content (AvgIpc) is 2.91. The van der Waals surface area contributed by atoms with Crippen LogP contribution >= 0.6 is 23.4 Å². The Morgan fingerprint density at radius 2 is 1.73 bits per heavy atom. The van der Waals surface area contributed by atoms with Gasteiger partial charge in [0, 0.05) is 67.8 Å². The van der Waals surface area contributed by atoms with Crippen molar-refractivity contribution >= 4 is 40.9 Å². The number of benzene rings is 2. The first-order valence-electron chi connectivity index (χ1n) is 12.9. The van der Waals surface area contributed by atoms with Crippen LogP contribution in [0, 0.1) is 0 Å². The van der Waals surface area contributed by atoms with E-state index in [0.29, 0.717) is 44.1 Å². The van der Waals surface area contributed by atoms with E-state index in [2.05, 4.69) is 17.0 Å². The molecule has 0 aromatic heterocycles. The second-order valence-corrected chi connectivity index (χ2v) is 10.9. The highest BCUT2D eigenvalue weighted by molar-refractivity contribution is 7.99. The van der Waals surface area contributed by atoms with Gasteiger partial charge in [0.1, 0.15) is 0 Å². The Kier molecular flexibility index (Phi) is 12.2. The molecule has 0 radical (unpaired) electrons. The maximum atomic E-state index is 13.1. The molecule has 1 fully saturated rings. The number of carbonyl (C=O) groups is 2. The summed E-state index contributed by atoms with van der Waals surface area (Å²) in [4.78, 5) is 32.1. The first kappa shape index (κ1) is 29.5. The van der Waals surface area contributed by atoms with E-state index >= 15 is 0 Å². The number of thioether (sulfide) groups is 1. The number of nitrogens with zero attached hydrogens (tertiary/aromatic N) is 3. The molecular formula is C28H39ClN4O3S. The molecule has 0 atom stereocenters. The van der Waals surface area contributed by atoms with E-state index in [9.17, 15) is 9.59 Å². The van der Waals surface area contributed by atoms with Crippen LogP contribution in [0.15, 0.2) is 48.5 Å². The minimum atomic E-state index is 0.0135. The number of nitrogens with two attached hydrogens (primary N) is 1. The van der Waals surface area contributed by atoms with Crippen LogP contribution in [0.25, 0.3) is 0 Å². The number of ether oxygens (including phenoxy) is 1. The van der Waals surface area contributed by atoms with Crippen molar-refractivity contribution in [2.24, 2.45) is 5.73 Å². The summed E-state index contributed by atoms with van der Waals surface area (Å²) < 4.78 is 5.68. The van der Waals surface area contributed by atoms with Crippen LogP contribution in [-0.4, -0.2) is 91.6 Å². The van der Waals surface area contributed by atoms with Crippen LogP contribution in [0.2, 0.25) is 5.02 Å². The predicted octanol–water partition coefficient (Wildman–Crippen LogP) is 3.79. The van der Waals surface area contributed by atoms with E-state index in [0.717, 1.165) is 42.5 Å². The topological polar surface area (TPSA) is 79.1 Å². The number of amides is 2. The van der Waals surface area contributed by atoms with Crippen molar-refractivity contribution < 1.29 is 14.3 Å². The molecule has 0 saturated carbocycles. The molecule has 1 aliphatic rings. The molecule has 0 unspecified atom stereocenters. The number of anilines is 1. The summed E-state index contributed by atoms with van der Waals surface area (Å²) in [6, 6.07) is 15.3. The largest absolute Gasteiger partial charge is 0.377 e. The van der Waals surface area contributed by atoms with Gasteiger partial charge >= 0.3 is 0 Å². The molecule has 1 aliphatic heterocycles. The third-order valence-corrected chi connectivity index (χ3v) is 7.50. The smallest absolute Gasteiger partial charge is 0.253 e. The maximum absolute atomic E-state index is 13.1. The Labute approximate surface area is 230 Å². The van der Waals surface area contributed by atoms with Crippen molar-refractivity contribution in [3.8, 4) is 0 Å². The molecule has 2 aromatic carbocycles. The van der Waals surface area contributed by atoms with Crippen LogP contribution < -0.4 is 10.6 Å². The molecule has 2 amide bonds. The fourth-order valence-corrected chi connectivity index (χ4v) is 4.95. The molecule has 3 rings (SSSR count). The van der Waals surface area contributed by atoms with Crippen molar-refractivity contribution in [2.45, 2.75) is 26.4 Å². The third kappa shape index (κ3) is 9.61. The van der Waals surface area contributed by atoms with Gasteiger partial charge in [-0.05, 0) is 62.2 Å². The van der Waals surface area contributed by atoms with E-state index in [1.807, 2.05) is 55.1 Å². The summed E-state index contributed by atoms with van der Waals surface area (Å²) in [6.07, 6.45) is 1.07. The number of hydrogen-bond acceptors (Lipinski definition) is 6. The summed E-state index contributed by atoms with van der Waals surface area (Å²) in [7, 11) is 0. The fraction of sp³-hybridized carbons (Fsp3) is 0.500. The fourth-order valence-electron chi connectivity index (χ4n) is 4.18. The Balaban J connectivity index is 1.53. The standard InChI is InChI=1S/C28H39ClN4O3S/c1-22(2)36-19-18-33(27(34)21-37-20-12-30)26-9-5-24(6-10-26)28(35)32-16-14-31(15-17-32)13-11-23-3-7-25(29)8-4-23/h3-10,22H,11-21,30H2,1-2H3. The van der Waals surface area contributed by atoms with Crippen molar-refractivity contribution in [3.63, 3.8) is 0 Å². The maximum Gasteiger partial charge on any atom is 0.253 e. The number of rotatable bonds is 13. The van der Waals surface area contributed by atoms with Crippen LogP contribution in [0.1, 0.15) is 29.8 Å². The van der Waals surface area contributed by atoms with Crippen LogP contribution in [0.4, 0.5) is 5.69 Å². The molecule has 1 saturated heterocycles. The van der Waals surface area contributed by atoms with Gasteiger partial charge in [-0.3, -0.25) is 14.5 Å². The SMILES string of the molecule is CC(C)OCCN(C(=O)CSCCN)c1ccc(C(=O)N2CCN(CCc3ccc(Cl)cc3)CC2)cc1. The minimum absolute atomic E-state index is 0.0135. The predicted molar refractivity (Wildman–Crippen MR) is 154 cm³/mol. The molecule has 0 spiro atoms. The molecule has 7 nitrogen and oxygen atoms in total.